The molecule has 2 fully saturated rings. The van der Waals surface area contributed by atoms with Crippen LogP contribution in [0.3, 0.4) is 0 Å². The van der Waals surface area contributed by atoms with Crippen LogP contribution in [-0.4, -0.2) is 79.4 Å². The van der Waals surface area contributed by atoms with Crippen LogP contribution in [0.5, 0.6) is 0 Å². The summed E-state index contributed by atoms with van der Waals surface area (Å²) >= 11 is 1.74. The molecule has 27 heavy (non-hydrogen) atoms. The molecule has 0 radical (unpaired) electrons. The molecule has 0 saturated carbocycles. The number of hydrogen-bond acceptors (Lipinski definition) is 4. The van der Waals surface area contributed by atoms with Crippen LogP contribution in [0.2, 0.25) is 0 Å². The predicted octanol–water partition coefficient (Wildman–Crippen LogP) is 2.46. The molecule has 1 unspecified atom stereocenters. The third-order valence-electron chi connectivity index (χ3n) is 5.23. The van der Waals surface area contributed by atoms with Crippen molar-refractivity contribution in [2.45, 2.75) is 38.3 Å². The summed E-state index contributed by atoms with van der Waals surface area (Å²) in [5.41, 5.74) is 0. The maximum Gasteiger partial charge on any atom is 0.243 e. The summed E-state index contributed by atoms with van der Waals surface area (Å²) < 4.78 is 0. The summed E-state index contributed by atoms with van der Waals surface area (Å²) in [6.45, 7) is 5.43. The van der Waals surface area contributed by atoms with Gasteiger partial charge >= 0.3 is 0 Å². The van der Waals surface area contributed by atoms with Crippen molar-refractivity contribution in [3.05, 3.63) is 22.4 Å². The average molecular weight is 505 g/mol. The molecule has 0 aromatic carbocycles. The number of rotatable bonds is 5. The van der Waals surface area contributed by atoms with E-state index >= 15 is 0 Å². The zero-order valence-electron chi connectivity index (χ0n) is 16.4. The van der Waals surface area contributed by atoms with E-state index in [0.717, 1.165) is 25.6 Å². The van der Waals surface area contributed by atoms with E-state index in [2.05, 4.69) is 37.6 Å². The van der Waals surface area contributed by atoms with E-state index < -0.39 is 0 Å². The van der Waals surface area contributed by atoms with Crippen LogP contribution < -0.4 is 5.32 Å². The lowest BCUT2D eigenvalue weighted by atomic mass is 10.1. The Morgan fingerprint density at radius 1 is 1.30 bits per heavy atom. The van der Waals surface area contributed by atoms with E-state index in [1.54, 1.807) is 30.3 Å². The first kappa shape index (κ1) is 22.4. The van der Waals surface area contributed by atoms with Crippen molar-refractivity contribution in [1.82, 2.24) is 20.0 Å². The van der Waals surface area contributed by atoms with Gasteiger partial charge in [0.1, 0.15) is 6.54 Å². The summed E-state index contributed by atoms with van der Waals surface area (Å²) in [6.07, 6.45) is 5.20. The molecular formula is C19H32IN5OS. The van der Waals surface area contributed by atoms with Crippen LogP contribution in [-0.2, 0) is 11.3 Å². The number of piperidine rings is 1. The molecule has 6 nitrogen and oxygen atoms in total. The maximum absolute atomic E-state index is 12.0. The van der Waals surface area contributed by atoms with Crippen LogP contribution in [0.25, 0.3) is 0 Å². The number of carbonyl (C=O) groups is 1. The molecule has 2 aliphatic rings. The standard InChI is InChI=1S/C19H31N5OS.HI/c1-22(2)18(25)14-21-19(20-13-17-7-6-12-26-17)24-11-8-16(15-24)23-9-4-3-5-10-23;/h6-7,12,16H,3-5,8-11,13-15H2,1-2H3,(H,20,21);1H. The summed E-state index contributed by atoms with van der Waals surface area (Å²) in [7, 11) is 3.55. The van der Waals surface area contributed by atoms with Crippen LogP contribution in [0.4, 0.5) is 0 Å². The number of amides is 1. The number of guanidine groups is 1. The lowest BCUT2D eigenvalue weighted by Gasteiger charge is -2.32. The number of nitrogens with one attached hydrogen (secondary N) is 1. The summed E-state index contributed by atoms with van der Waals surface area (Å²) in [4.78, 5) is 24.5. The minimum Gasteiger partial charge on any atom is -0.351 e. The summed E-state index contributed by atoms with van der Waals surface area (Å²) in [5, 5.41) is 5.57. The first-order valence-corrected chi connectivity index (χ1v) is 10.5. The maximum atomic E-state index is 12.0. The van der Waals surface area contributed by atoms with Crippen molar-refractivity contribution in [2.75, 3.05) is 46.8 Å². The Morgan fingerprint density at radius 2 is 2.07 bits per heavy atom. The molecule has 1 amide bonds. The van der Waals surface area contributed by atoms with Gasteiger partial charge in [-0.05, 0) is 43.8 Å². The monoisotopic (exact) mass is 505 g/mol. The van der Waals surface area contributed by atoms with Crippen LogP contribution in [0, 0.1) is 0 Å². The lowest BCUT2D eigenvalue weighted by molar-refractivity contribution is -0.127. The number of halogens is 1. The zero-order valence-corrected chi connectivity index (χ0v) is 19.5. The quantitative estimate of drug-likeness (QED) is 0.380. The van der Waals surface area contributed by atoms with E-state index in [1.165, 1.54) is 43.6 Å². The molecule has 0 spiro atoms. The molecule has 2 aliphatic heterocycles. The molecule has 0 aliphatic carbocycles. The van der Waals surface area contributed by atoms with Crippen LogP contribution in [0.15, 0.2) is 22.5 Å². The van der Waals surface area contributed by atoms with Crippen molar-refractivity contribution in [3.63, 3.8) is 0 Å². The lowest BCUT2D eigenvalue weighted by Crippen LogP contribution is -2.44. The van der Waals surface area contributed by atoms with E-state index in [9.17, 15) is 4.79 Å². The fourth-order valence-corrected chi connectivity index (χ4v) is 4.29. The van der Waals surface area contributed by atoms with Gasteiger partial charge in [-0.1, -0.05) is 12.5 Å². The fourth-order valence-electron chi connectivity index (χ4n) is 3.65. The highest BCUT2D eigenvalue weighted by Crippen LogP contribution is 2.20. The summed E-state index contributed by atoms with van der Waals surface area (Å²) in [6, 6.07) is 4.81. The topological polar surface area (TPSA) is 51.2 Å². The normalized spacial score (nSPS) is 21.0. The molecular weight excluding hydrogens is 473 g/mol. The van der Waals surface area contributed by atoms with E-state index in [4.69, 9.17) is 0 Å². The smallest absolute Gasteiger partial charge is 0.243 e. The molecule has 3 heterocycles. The van der Waals surface area contributed by atoms with Crippen molar-refractivity contribution in [2.24, 2.45) is 4.99 Å². The van der Waals surface area contributed by atoms with Crippen LogP contribution in [0.1, 0.15) is 30.6 Å². The predicted molar refractivity (Wildman–Crippen MR) is 123 cm³/mol. The average Bonchev–Trinajstić information content (AvgIpc) is 3.34. The number of aliphatic imine (C=N–C) groups is 1. The molecule has 1 atom stereocenters. The van der Waals surface area contributed by atoms with E-state index in [1.807, 2.05) is 0 Å². The Kier molecular flexibility index (Phi) is 9.31. The van der Waals surface area contributed by atoms with Gasteiger partial charge in [0.05, 0.1) is 6.54 Å². The second-order valence-corrected chi connectivity index (χ2v) is 8.38. The molecule has 0 bridgehead atoms. The zero-order chi connectivity index (χ0) is 18.4. The molecule has 2 saturated heterocycles. The highest BCUT2D eigenvalue weighted by atomic mass is 127. The number of carbonyl (C=O) groups excluding carboxylic acids is 1. The Balaban J connectivity index is 0.00000261. The van der Waals surface area contributed by atoms with Gasteiger partial charge in [0.2, 0.25) is 5.91 Å². The Labute approximate surface area is 184 Å². The second kappa shape index (κ2) is 11.2. The van der Waals surface area contributed by atoms with Crippen LogP contribution >= 0.6 is 35.3 Å². The molecule has 152 valence electrons. The SMILES string of the molecule is CN(C)C(=O)CN=C(NCc1cccs1)N1CCC(N2CCCCC2)C1.I. The van der Waals surface area contributed by atoms with Crippen molar-refractivity contribution < 1.29 is 4.79 Å². The number of likely N-dealkylation sites (N-methyl/N-ethyl adjacent to an activating group) is 1. The molecule has 1 aromatic rings. The van der Waals surface area contributed by atoms with Gasteiger partial charge in [-0.15, -0.1) is 35.3 Å². The van der Waals surface area contributed by atoms with E-state index in [0.29, 0.717) is 6.04 Å². The van der Waals surface area contributed by atoms with Gasteiger partial charge in [0.25, 0.3) is 0 Å². The highest BCUT2D eigenvalue weighted by Gasteiger charge is 2.30. The van der Waals surface area contributed by atoms with Gasteiger partial charge in [-0.3, -0.25) is 9.69 Å². The Morgan fingerprint density at radius 3 is 2.74 bits per heavy atom. The third kappa shape index (κ3) is 6.60. The Bertz CT molecular complexity index is 601. The minimum atomic E-state index is 0. The first-order valence-electron chi connectivity index (χ1n) is 9.63. The number of nitrogens with zero attached hydrogens (tertiary/aromatic N) is 4. The van der Waals surface area contributed by atoms with Gasteiger partial charge in [-0.25, -0.2) is 4.99 Å². The van der Waals surface area contributed by atoms with Crippen molar-refractivity contribution in [3.8, 4) is 0 Å². The molecule has 1 N–H and O–H groups in total. The first-order chi connectivity index (χ1) is 12.6. The molecule has 1 aromatic heterocycles. The largest absolute Gasteiger partial charge is 0.351 e. The second-order valence-electron chi connectivity index (χ2n) is 7.35. The van der Waals surface area contributed by atoms with Gasteiger partial charge in [-0.2, -0.15) is 0 Å². The van der Waals surface area contributed by atoms with Gasteiger partial charge in [0.15, 0.2) is 5.96 Å². The van der Waals surface area contributed by atoms with Crippen molar-refractivity contribution >= 4 is 47.2 Å². The number of likely N-dealkylation sites (tertiary alicyclic amines) is 2. The van der Waals surface area contributed by atoms with Crippen molar-refractivity contribution in [1.29, 1.82) is 0 Å². The van der Waals surface area contributed by atoms with Gasteiger partial charge in [0, 0.05) is 38.1 Å². The highest BCUT2D eigenvalue weighted by molar-refractivity contribution is 14.0. The number of hydrogen-bond donors (Lipinski definition) is 1. The minimum absolute atomic E-state index is 0. The summed E-state index contributed by atoms with van der Waals surface area (Å²) in [5.74, 6) is 0.903. The third-order valence-corrected chi connectivity index (χ3v) is 6.11. The molecule has 3 rings (SSSR count). The Hall–Kier alpha value is -0.870. The fraction of sp³-hybridized carbons (Fsp3) is 0.684. The molecule has 8 heteroatoms. The van der Waals surface area contributed by atoms with Gasteiger partial charge < -0.3 is 15.1 Å². The van der Waals surface area contributed by atoms with E-state index in [-0.39, 0.29) is 36.4 Å². The number of thiophene rings is 1.